The number of halogens is 4. The van der Waals surface area contributed by atoms with E-state index in [2.05, 4.69) is 48.5 Å². The lowest BCUT2D eigenvalue weighted by Gasteiger charge is -2.11. The molecule has 5 aromatic rings. The Morgan fingerprint density at radius 1 is 0.553 bits per heavy atom. The summed E-state index contributed by atoms with van der Waals surface area (Å²) in [6, 6.07) is 36.6. The van der Waals surface area contributed by atoms with Crippen LogP contribution in [0.4, 0.5) is 0 Å². The Bertz CT molecular complexity index is 1500. The van der Waals surface area contributed by atoms with Crippen LogP contribution in [0.2, 0.25) is 20.1 Å². The first-order valence-electron chi connectivity index (χ1n) is 11.5. The topological polar surface area (TPSA) is 17.1 Å². The van der Waals surface area contributed by atoms with Gasteiger partial charge in [-0.25, -0.2) is 0 Å². The monoisotopic (exact) mass is 611 g/mol. The molecule has 0 aliphatic heterocycles. The Morgan fingerprint density at radius 3 is 1.47 bits per heavy atom. The van der Waals surface area contributed by atoms with Gasteiger partial charge in [0.05, 0.1) is 20.9 Å². The van der Waals surface area contributed by atoms with Gasteiger partial charge in [0.25, 0.3) is 0 Å². The highest BCUT2D eigenvalue weighted by Crippen LogP contribution is 2.41. The molecule has 0 spiro atoms. The zero-order valence-electron chi connectivity index (χ0n) is 19.7. The fourth-order valence-corrected chi connectivity index (χ4v) is 7.69. The van der Waals surface area contributed by atoms with Gasteiger partial charge in [0.1, 0.15) is 0 Å². The second-order valence-corrected chi connectivity index (χ2v) is 13.0. The summed E-state index contributed by atoms with van der Waals surface area (Å²) in [6.45, 7) is 0. The van der Waals surface area contributed by atoms with Gasteiger partial charge in [-0.05, 0) is 84.9 Å². The predicted molar refractivity (Wildman–Crippen MR) is 162 cm³/mol. The molecule has 5 rings (SSSR count). The van der Waals surface area contributed by atoms with Crippen molar-refractivity contribution >= 4 is 74.8 Å². The normalized spacial score (nSPS) is 11.1. The van der Waals surface area contributed by atoms with E-state index in [1.165, 1.54) is 11.8 Å². The highest BCUT2D eigenvalue weighted by Gasteiger charge is 2.28. The second-order valence-electron chi connectivity index (χ2n) is 8.25. The Morgan fingerprint density at radius 2 is 1.00 bits per heavy atom. The number of rotatable bonds is 7. The van der Waals surface area contributed by atoms with Gasteiger partial charge >= 0.3 is 0 Å². The molecule has 0 N–H and O–H groups in total. The summed E-state index contributed by atoms with van der Waals surface area (Å²) in [5.41, 5.74) is 1.05. The van der Waals surface area contributed by atoms with Crippen LogP contribution in [0.1, 0.15) is 15.9 Å². The van der Waals surface area contributed by atoms with E-state index in [0.717, 1.165) is 19.6 Å². The Balaban J connectivity index is 1.42. The molecule has 0 atom stereocenters. The van der Waals surface area contributed by atoms with Crippen LogP contribution in [0.5, 0.6) is 0 Å². The lowest BCUT2D eigenvalue weighted by molar-refractivity contribution is 0.103. The van der Waals surface area contributed by atoms with Crippen molar-refractivity contribution in [2.45, 2.75) is 24.5 Å². The number of carbonyl (C=O) groups is 1. The van der Waals surface area contributed by atoms with Crippen molar-refractivity contribution in [2.24, 2.45) is 0 Å². The lowest BCUT2D eigenvalue weighted by atomic mass is 10.0. The highest BCUT2D eigenvalue weighted by molar-refractivity contribution is 7.99. The first-order valence-corrected chi connectivity index (χ1v) is 15.1. The van der Waals surface area contributed by atoms with Crippen LogP contribution in [-0.2, 0) is 10.9 Å². The summed E-state index contributed by atoms with van der Waals surface area (Å²) in [5, 5.41) is 2.27. The van der Waals surface area contributed by atoms with E-state index in [9.17, 15) is 4.79 Å². The van der Waals surface area contributed by atoms with Crippen LogP contribution in [0.25, 0.3) is 0 Å². The minimum Gasteiger partial charge on any atom is -0.289 e. The second kappa shape index (κ2) is 12.2. The zero-order valence-corrected chi connectivity index (χ0v) is 24.4. The number of carbonyl (C=O) groups excluding carboxylic acids is 1. The van der Waals surface area contributed by atoms with Crippen LogP contribution in [0.15, 0.2) is 140 Å². The third-order valence-electron chi connectivity index (χ3n) is 5.67. The highest BCUT2D eigenvalue weighted by atomic mass is 35.5. The van der Waals surface area contributed by atoms with Crippen molar-refractivity contribution in [3.05, 3.63) is 146 Å². The van der Waals surface area contributed by atoms with Crippen molar-refractivity contribution in [3.8, 4) is 0 Å². The number of hydrogen-bond donors (Lipinski definition) is 0. The zero-order chi connectivity index (χ0) is 26.6. The van der Waals surface area contributed by atoms with Gasteiger partial charge < -0.3 is 0 Å². The van der Waals surface area contributed by atoms with Crippen LogP contribution in [0.3, 0.4) is 0 Å². The van der Waals surface area contributed by atoms with Gasteiger partial charge in [0, 0.05) is 31.0 Å². The molecule has 7 heteroatoms. The third kappa shape index (κ3) is 6.26. The molecule has 0 bridgehead atoms. The SMILES string of the molecule is O=C(c1ccccc1)c1cc(Cl)c(Sc2ccc([S+](c3ccc(Cl)cc3)c3ccc(Cl)cc3)cc2)c(Cl)c1. The van der Waals surface area contributed by atoms with Crippen molar-refractivity contribution < 1.29 is 4.79 Å². The summed E-state index contributed by atoms with van der Waals surface area (Å²) >= 11 is 27.0. The fraction of sp³-hybridized carbons (Fsp3) is 0. The summed E-state index contributed by atoms with van der Waals surface area (Å²) in [5.74, 6) is -0.119. The molecule has 0 fully saturated rings. The van der Waals surface area contributed by atoms with Gasteiger partial charge in [0.2, 0.25) is 0 Å². The van der Waals surface area contributed by atoms with E-state index in [-0.39, 0.29) is 16.7 Å². The minimum absolute atomic E-state index is 0.119. The molecule has 0 aliphatic rings. The van der Waals surface area contributed by atoms with Crippen molar-refractivity contribution in [2.75, 3.05) is 0 Å². The molecule has 0 aliphatic carbocycles. The fourth-order valence-electron chi connectivity index (χ4n) is 3.86. The van der Waals surface area contributed by atoms with Crippen LogP contribution < -0.4 is 0 Å². The molecule has 0 amide bonds. The van der Waals surface area contributed by atoms with E-state index in [1.807, 2.05) is 42.5 Å². The molecule has 0 saturated carbocycles. The lowest BCUT2D eigenvalue weighted by Crippen LogP contribution is -2.04. The number of hydrogen-bond acceptors (Lipinski definition) is 2. The van der Waals surface area contributed by atoms with E-state index in [1.54, 1.807) is 24.3 Å². The molecular weight excluding hydrogens is 594 g/mol. The van der Waals surface area contributed by atoms with Crippen LogP contribution >= 0.6 is 58.2 Å². The average Bonchev–Trinajstić information content (AvgIpc) is 2.93. The summed E-state index contributed by atoms with van der Waals surface area (Å²) in [7, 11) is -0.338. The maximum atomic E-state index is 12.9. The average molecular weight is 613 g/mol. The maximum absolute atomic E-state index is 12.9. The van der Waals surface area contributed by atoms with Crippen molar-refractivity contribution in [1.82, 2.24) is 0 Å². The molecule has 0 saturated heterocycles. The maximum Gasteiger partial charge on any atom is 0.193 e. The molecule has 0 aromatic heterocycles. The predicted octanol–water partition coefficient (Wildman–Crippen LogP) is 10.8. The Labute approximate surface area is 249 Å². The Hall–Kier alpha value is -2.37. The van der Waals surface area contributed by atoms with Gasteiger partial charge in [-0.3, -0.25) is 4.79 Å². The Kier molecular flexibility index (Phi) is 8.74. The van der Waals surface area contributed by atoms with Gasteiger partial charge in [-0.15, -0.1) is 0 Å². The van der Waals surface area contributed by atoms with Crippen molar-refractivity contribution in [1.29, 1.82) is 0 Å². The molecule has 38 heavy (non-hydrogen) atoms. The molecule has 0 unspecified atom stereocenters. The molecular formula is C31H19Cl4OS2+. The molecule has 1 nitrogen and oxygen atoms in total. The smallest absolute Gasteiger partial charge is 0.193 e. The van der Waals surface area contributed by atoms with E-state index < -0.39 is 0 Å². The standard InChI is InChI=1S/C31H19Cl4OS2/c32-22-6-12-25(13-7-22)38(26-14-8-23(33)9-15-26)27-16-10-24(11-17-27)37-31-28(34)18-21(19-29(31)35)30(36)20-4-2-1-3-5-20/h1-19H/q+1. The van der Waals surface area contributed by atoms with E-state index >= 15 is 0 Å². The van der Waals surface area contributed by atoms with Crippen LogP contribution in [0, 0.1) is 0 Å². The van der Waals surface area contributed by atoms with E-state index in [0.29, 0.717) is 36.1 Å². The van der Waals surface area contributed by atoms with E-state index in [4.69, 9.17) is 46.4 Å². The number of benzene rings is 5. The molecule has 5 aromatic carbocycles. The first kappa shape index (κ1) is 27.2. The van der Waals surface area contributed by atoms with Gasteiger partial charge in [-0.2, -0.15) is 0 Å². The molecule has 188 valence electrons. The third-order valence-corrected chi connectivity index (χ3v) is 10.4. The van der Waals surface area contributed by atoms with Gasteiger partial charge in [-0.1, -0.05) is 88.5 Å². The largest absolute Gasteiger partial charge is 0.289 e. The molecule has 0 radical (unpaired) electrons. The first-order chi connectivity index (χ1) is 18.4. The summed E-state index contributed by atoms with van der Waals surface area (Å²) in [4.78, 5) is 18.0. The quantitative estimate of drug-likeness (QED) is 0.134. The van der Waals surface area contributed by atoms with Crippen molar-refractivity contribution in [3.63, 3.8) is 0 Å². The number of ketones is 1. The summed E-state index contributed by atoms with van der Waals surface area (Å²) in [6.07, 6.45) is 0. The minimum atomic E-state index is -0.338. The summed E-state index contributed by atoms with van der Waals surface area (Å²) < 4.78 is 0. The molecule has 0 heterocycles. The van der Waals surface area contributed by atoms with Crippen LogP contribution in [-0.4, -0.2) is 5.78 Å². The van der Waals surface area contributed by atoms with Gasteiger partial charge in [0.15, 0.2) is 20.5 Å².